The van der Waals surface area contributed by atoms with Crippen molar-refractivity contribution in [2.45, 2.75) is 13.8 Å². The largest absolute Gasteiger partial charge is 0.496 e. The summed E-state index contributed by atoms with van der Waals surface area (Å²) in [5.74, 6) is 2.60. The van der Waals surface area contributed by atoms with Gasteiger partial charge in [0.15, 0.2) is 11.5 Å². The second kappa shape index (κ2) is 5.49. The summed E-state index contributed by atoms with van der Waals surface area (Å²) in [5, 5.41) is 0. The van der Waals surface area contributed by atoms with Gasteiger partial charge in [0.1, 0.15) is 5.75 Å². The highest BCUT2D eigenvalue weighted by Gasteiger charge is 2.18. The quantitative estimate of drug-likeness (QED) is 0.772. The predicted octanol–water partition coefficient (Wildman–Crippen LogP) is 2.42. The lowest BCUT2D eigenvalue weighted by Gasteiger charge is -2.17. The van der Waals surface area contributed by atoms with Gasteiger partial charge in [-0.25, -0.2) is 0 Å². The SMILES string of the molecule is CCOc1c(OC)cc(OC)c(C)c1OC. The fourth-order valence-electron chi connectivity index (χ4n) is 1.58. The standard InChI is InChI=1S/C12H18O4/c1-6-16-12-10(14-4)7-9(13-3)8(2)11(12)15-5/h7H,6H2,1-5H3. The predicted molar refractivity (Wildman–Crippen MR) is 62.0 cm³/mol. The molecular formula is C12H18O4. The van der Waals surface area contributed by atoms with Gasteiger partial charge in [-0.3, -0.25) is 0 Å². The Balaban J connectivity index is 3.37. The Hall–Kier alpha value is -1.58. The maximum absolute atomic E-state index is 5.52. The zero-order valence-corrected chi connectivity index (χ0v) is 10.4. The maximum atomic E-state index is 5.52. The average molecular weight is 226 g/mol. The van der Waals surface area contributed by atoms with E-state index in [-0.39, 0.29) is 0 Å². The molecule has 1 aromatic carbocycles. The Kier molecular flexibility index (Phi) is 4.28. The van der Waals surface area contributed by atoms with Crippen molar-refractivity contribution in [1.82, 2.24) is 0 Å². The second-order valence-electron chi connectivity index (χ2n) is 3.20. The van der Waals surface area contributed by atoms with Gasteiger partial charge in [0.25, 0.3) is 0 Å². The van der Waals surface area contributed by atoms with Crippen LogP contribution >= 0.6 is 0 Å². The third-order valence-corrected chi connectivity index (χ3v) is 2.34. The van der Waals surface area contributed by atoms with Crippen molar-refractivity contribution < 1.29 is 18.9 Å². The van der Waals surface area contributed by atoms with E-state index in [2.05, 4.69) is 0 Å². The van der Waals surface area contributed by atoms with Crippen LogP contribution in [0, 0.1) is 6.92 Å². The van der Waals surface area contributed by atoms with Crippen LogP contribution in [0.2, 0.25) is 0 Å². The van der Waals surface area contributed by atoms with Gasteiger partial charge in [-0.05, 0) is 13.8 Å². The van der Waals surface area contributed by atoms with Crippen LogP contribution in [0.15, 0.2) is 6.07 Å². The Labute approximate surface area is 96.1 Å². The summed E-state index contributed by atoms with van der Waals surface area (Å²) >= 11 is 0. The van der Waals surface area contributed by atoms with Crippen molar-refractivity contribution in [3.05, 3.63) is 11.6 Å². The van der Waals surface area contributed by atoms with Crippen LogP contribution in [0.25, 0.3) is 0 Å². The van der Waals surface area contributed by atoms with Crippen molar-refractivity contribution in [2.24, 2.45) is 0 Å². The molecule has 0 atom stereocenters. The molecule has 0 saturated carbocycles. The first-order valence-electron chi connectivity index (χ1n) is 5.11. The fourth-order valence-corrected chi connectivity index (χ4v) is 1.58. The Morgan fingerprint density at radius 3 is 2.00 bits per heavy atom. The van der Waals surface area contributed by atoms with Gasteiger partial charge in [-0.2, -0.15) is 0 Å². The van der Waals surface area contributed by atoms with Crippen LogP contribution in [0.4, 0.5) is 0 Å². The molecule has 0 saturated heterocycles. The fraction of sp³-hybridized carbons (Fsp3) is 0.500. The summed E-state index contributed by atoms with van der Waals surface area (Å²) in [6.45, 7) is 4.39. The van der Waals surface area contributed by atoms with Crippen LogP contribution < -0.4 is 18.9 Å². The minimum absolute atomic E-state index is 0.554. The van der Waals surface area contributed by atoms with Crippen molar-refractivity contribution in [2.75, 3.05) is 27.9 Å². The lowest BCUT2D eigenvalue weighted by molar-refractivity contribution is 0.284. The van der Waals surface area contributed by atoms with Crippen LogP contribution in [-0.4, -0.2) is 27.9 Å². The first-order chi connectivity index (χ1) is 7.69. The van der Waals surface area contributed by atoms with Crippen LogP contribution in [-0.2, 0) is 0 Å². The highest BCUT2D eigenvalue weighted by Crippen LogP contribution is 2.44. The van der Waals surface area contributed by atoms with E-state index >= 15 is 0 Å². The van der Waals surface area contributed by atoms with E-state index in [4.69, 9.17) is 18.9 Å². The number of hydrogen-bond donors (Lipinski definition) is 0. The van der Waals surface area contributed by atoms with Gasteiger partial charge in [0.05, 0.1) is 27.9 Å². The van der Waals surface area contributed by atoms with Crippen molar-refractivity contribution in [3.8, 4) is 23.0 Å². The first-order valence-corrected chi connectivity index (χ1v) is 5.11. The first kappa shape index (κ1) is 12.5. The van der Waals surface area contributed by atoms with Gasteiger partial charge >= 0.3 is 0 Å². The highest BCUT2D eigenvalue weighted by atomic mass is 16.5. The number of methoxy groups -OCH3 is 3. The molecular weight excluding hydrogens is 208 g/mol. The van der Waals surface area contributed by atoms with E-state index in [1.807, 2.05) is 13.8 Å². The molecule has 0 aliphatic carbocycles. The molecule has 0 aromatic heterocycles. The van der Waals surface area contributed by atoms with E-state index in [1.54, 1.807) is 27.4 Å². The van der Waals surface area contributed by atoms with Crippen LogP contribution in [0.3, 0.4) is 0 Å². The molecule has 0 aliphatic heterocycles. The Morgan fingerprint density at radius 2 is 1.56 bits per heavy atom. The molecule has 4 heteroatoms. The molecule has 0 spiro atoms. The molecule has 1 rings (SSSR count). The zero-order valence-electron chi connectivity index (χ0n) is 10.4. The van der Waals surface area contributed by atoms with Crippen molar-refractivity contribution >= 4 is 0 Å². The summed E-state index contributed by atoms with van der Waals surface area (Å²) in [6.07, 6.45) is 0. The molecule has 0 bridgehead atoms. The maximum Gasteiger partial charge on any atom is 0.204 e. The van der Waals surface area contributed by atoms with Gasteiger partial charge in [0.2, 0.25) is 5.75 Å². The van der Waals surface area contributed by atoms with E-state index in [9.17, 15) is 0 Å². The molecule has 90 valence electrons. The monoisotopic (exact) mass is 226 g/mol. The zero-order chi connectivity index (χ0) is 12.1. The van der Waals surface area contributed by atoms with E-state index in [1.165, 1.54) is 0 Å². The molecule has 0 radical (unpaired) electrons. The Bertz CT molecular complexity index is 361. The minimum atomic E-state index is 0.554. The van der Waals surface area contributed by atoms with Crippen molar-refractivity contribution in [3.63, 3.8) is 0 Å². The summed E-state index contributed by atoms with van der Waals surface area (Å²) in [6, 6.07) is 1.79. The molecule has 0 amide bonds. The lowest BCUT2D eigenvalue weighted by atomic mass is 10.1. The van der Waals surface area contributed by atoms with Crippen LogP contribution in [0.5, 0.6) is 23.0 Å². The van der Waals surface area contributed by atoms with E-state index < -0.39 is 0 Å². The number of hydrogen-bond acceptors (Lipinski definition) is 4. The summed E-state index contributed by atoms with van der Waals surface area (Å²) < 4.78 is 21.4. The molecule has 0 aliphatic rings. The normalized spacial score (nSPS) is 9.81. The summed E-state index contributed by atoms with van der Waals surface area (Å²) in [5.41, 5.74) is 0.897. The Morgan fingerprint density at radius 1 is 0.938 bits per heavy atom. The molecule has 0 heterocycles. The minimum Gasteiger partial charge on any atom is -0.496 e. The summed E-state index contributed by atoms with van der Waals surface area (Å²) in [4.78, 5) is 0. The molecule has 1 aromatic rings. The lowest BCUT2D eigenvalue weighted by Crippen LogP contribution is -2.01. The average Bonchev–Trinajstić information content (AvgIpc) is 2.30. The third-order valence-electron chi connectivity index (χ3n) is 2.34. The molecule has 0 N–H and O–H groups in total. The van der Waals surface area contributed by atoms with Gasteiger partial charge in [0, 0.05) is 11.6 Å². The van der Waals surface area contributed by atoms with Crippen molar-refractivity contribution in [1.29, 1.82) is 0 Å². The van der Waals surface area contributed by atoms with Gasteiger partial charge in [-0.1, -0.05) is 0 Å². The molecule has 4 nitrogen and oxygen atoms in total. The van der Waals surface area contributed by atoms with Crippen LogP contribution in [0.1, 0.15) is 12.5 Å². The third kappa shape index (κ3) is 2.15. The molecule has 0 unspecified atom stereocenters. The van der Waals surface area contributed by atoms with E-state index in [0.29, 0.717) is 23.9 Å². The smallest absolute Gasteiger partial charge is 0.204 e. The number of rotatable bonds is 5. The molecule has 0 fully saturated rings. The summed E-state index contributed by atoms with van der Waals surface area (Å²) in [7, 11) is 4.80. The van der Waals surface area contributed by atoms with Gasteiger partial charge < -0.3 is 18.9 Å². The van der Waals surface area contributed by atoms with E-state index in [0.717, 1.165) is 11.3 Å². The number of ether oxygens (including phenoxy) is 4. The highest BCUT2D eigenvalue weighted by molar-refractivity contribution is 5.61. The molecule has 16 heavy (non-hydrogen) atoms. The topological polar surface area (TPSA) is 36.9 Å². The number of benzene rings is 1. The van der Waals surface area contributed by atoms with Gasteiger partial charge in [-0.15, -0.1) is 0 Å². The second-order valence-corrected chi connectivity index (χ2v) is 3.20.